The zero-order valence-corrected chi connectivity index (χ0v) is 12.9. The lowest BCUT2D eigenvalue weighted by molar-refractivity contribution is -0.118. The van der Waals surface area contributed by atoms with Gasteiger partial charge >= 0.3 is 0 Å². The molecule has 2 N–H and O–H groups in total. The van der Waals surface area contributed by atoms with Crippen LogP contribution < -0.4 is 15.4 Å². The van der Waals surface area contributed by atoms with E-state index in [0.29, 0.717) is 6.04 Å². The molecule has 2 aliphatic heterocycles. The molecule has 2 aliphatic rings. The molecule has 0 aromatic heterocycles. The molecule has 1 amide bonds. The van der Waals surface area contributed by atoms with Gasteiger partial charge in [-0.3, -0.25) is 9.00 Å². The number of nitrogens with one attached hydrogen (secondary N) is 2. The van der Waals surface area contributed by atoms with E-state index in [2.05, 4.69) is 17.6 Å². The molecule has 0 bridgehead atoms. The quantitative estimate of drug-likeness (QED) is 0.889. The van der Waals surface area contributed by atoms with Gasteiger partial charge in [0.05, 0.1) is 5.69 Å². The zero-order chi connectivity index (χ0) is 14.8. The number of ether oxygens (including phenoxy) is 1. The van der Waals surface area contributed by atoms with E-state index in [1.807, 2.05) is 18.2 Å². The summed E-state index contributed by atoms with van der Waals surface area (Å²) in [6, 6.07) is 6.49. The van der Waals surface area contributed by atoms with Crippen LogP contribution in [0, 0.1) is 0 Å². The number of benzene rings is 1. The average molecular weight is 308 g/mol. The van der Waals surface area contributed by atoms with Gasteiger partial charge < -0.3 is 15.4 Å². The Labute approximate surface area is 126 Å². The number of amides is 1. The fourth-order valence-corrected chi connectivity index (χ4v) is 4.08. The molecule has 1 atom stereocenters. The fourth-order valence-electron chi connectivity index (χ4n) is 2.78. The maximum atomic E-state index is 11.4. The molecule has 0 aliphatic carbocycles. The van der Waals surface area contributed by atoms with Crippen LogP contribution in [-0.2, 0) is 15.6 Å². The second-order valence-electron chi connectivity index (χ2n) is 5.60. The van der Waals surface area contributed by atoms with Gasteiger partial charge in [-0.2, -0.15) is 0 Å². The maximum Gasteiger partial charge on any atom is 0.262 e. The highest BCUT2D eigenvalue weighted by molar-refractivity contribution is 7.85. The van der Waals surface area contributed by atoms with Crippen LogP contribution in [-0.4, -0.2) is 34.3 Å². The first-order chi connectivity index (χ1) is 10.1. The Bertz CT molecular complexity index is 566. The molecule has 5 nitrogen and oxygen atoms in total. The van der Waals surface area contributed by atoms with Gasteiger partial charge in [0, 0.05) is 34.4 Å². The summed E-state index contributed by atoms with van der Waals surface area (Å²) in [7, 11) is -0.630. The lowest BCUT2D eigenvalue weighted by Gasteiger charge is -2.27. The summed E-state index contributed by atoms with van der Waals surface area (Å²) in [5.74, 6) is 2.19. The Morgan fingerprint density at radius 3 is 2.90 bits per heavy atom. The molecule has 0 spiro atoms. The highest BCUT2D eigenvalue weighted by Gasteiger charge is 2.21. The van der Waals surface area contributed by atoms with Crippen molar-refractivity contribution in [3.63, 3.8) is 0 Å². The number of hydrogen-bond acceptors (Lipinski definition) is 4. The van der Waals surface area contributed by atoms with E-state index in [1.54, 1.807) is 0 Å². The van der Waals surface area contributed by atoms with Gasteiger partial charge in [-0.05, 0) is 37.5 Å². The van der Waals surface area contributed by atoms with Crippen LogP contribution in [0.15, 0.2) is 18.2 Å². The lowest BCUT2D eigenvalue weighted by atomic mass is 10.0. The van der Waals surface area contributed by atoms with Gasteiger partial charge in [-0.1, -0.05) is 6.07 Å². The van der Waals surface area contributed by atoms with Crippen molar-refractivity contribution in [3.8, 4) is 5.75 Å². The number of anilines is 1. The van der Waals surface area contributed by atoms with Crippen LogP contribution in [0.2, 0.25) is 0 Å². The third kappa shape index (κ3) is 3.44. The van der Waals surface area contributed by atoms with Crippen molar-refractivity contribution in [1.29, 1.82) is 0 Å². The van der Waals surface area contributed by atoms with Crippen LogP contribution in [0.25, 0.3) is 0 Å². The zero-order valence-electron chi connectivity index (χ0n) is 12.1. The Morgan fingerprint density at radius 1 is 1.38 bits per heavy atom. The minimum atomic E-state index is -0.630. The molecule has 0 radical (unpaired) electrons. The van der Waals surface area contributed by atoms with E-state index in [0.717, 1.165) is 41.3 Å². The second-order valence-corrected chi connectivity index (χ2v) is 7.30. The minimum Gasteiger partial charge on any atom is -0.482 e. The first kappa shape index (κ1) is 14.5. The Kier molecular flexibility index (Phi) is 4.26. The summed E-state index contributed by atoms with van der Waals surface area (Å²) in [4.78, 5) is 11.4. The van der Waals surface area contributed by atoms with Crippen LogP contribution >= 0.6 is 0 Å². The molecular formula is C15H20N2O3S. The second kappa shape index (κ2) is 6.15. The van der Waals surface area contributed by atoms with E-state index in [1.165, 1.54) is 0 Å². The van der Waals surface area contributed by atoms with Crippen LogP contribution in [0.1, 0.15) is 31.4 Å². The summed E-state index contributed by atoms with van der Waals surface area (Å²) in [6.07, 6.45) is 1.92. The summed E-state index contributed by atoms with van der Waals surface area (Å²) in [5, 5.41) is 6.42. The molecular weight excluding hydrogens is 288 g/mol. The lowest BCUT2D eigenvalue weighted by Crippen LogP contribution is -2.37. The average Bonchev–Trinajstić information content (AvgIpc) is 2.48. The van der Waals surface area contributed by atoms with Crippen LogP contribution in [0.5, 0.6) is 5.75 Å². The Morgan fingerprint density at radius 2 is 2.14 bits per heavy atom. The predicted octanol–water partition coefficient (Wildman–Crippen LogP) is 1.58. The molecule has 1 unspecified atom stereocenters. The number of carbonyl (C=O) groups is 1. The molecule has 21 heavy (non-hydrogen) atoms. The largest absolute Gasteiger partial charge is 0.482 e. The highest BCUT2D eigenvalue weighted by Crippen LogP contribution is 2.30. The standard InChI is InChI=1S/C15H20N2O3S/c1-10(16-12-4-6-21(19)7-5-12)11-2-3-14-13(8-11)17-15(18)9-20-14/h2-3,8,10,12,16H,4-7,9H2,1H3,(H,17,18). The van der Waals surface area contributed by atoms with E-state index < -0.39 is 10.8 Å². The van der Waals surface area contributed by atoms with Crippen molar-refractivity contribution in [3.05, 3.63) is 23.8 Å². The number of hydrogen-bond donors (Lipinski definition) is 2. The third-order valence-corrected chi connectivity index (χ3v) is 5.39. The first-order valence-electron chi connectivity index (χ1n) is 7.29. The van der Waals surface area contributed by atoms with E-state index >= 15 is 0 Å². The van der Waals surface area contributed by atoms with Crippen molar-refractivity contribution in [2.75, 3.05) is 23.4 Å². The van der Waals surface area contributed by atoms with Crippen molar-refractivity contribution in [1.82, 2.24) is 5.32 Å². The summed E-state index contributed by atoms with van der Waals surface area (Å²) < 4.78 is 16.8. The summed E-state index contributed by atoms with van der Waals surface area (Å²) in [5.41, 5.74) is 1.85. The molecule has 0 saturated carbocycles. The SMILES string of the molecule is CC(NC1CCS(=O)CC1)c1ccc2c(c1)NC(=O)CO2. The van der Waals surface area contributed by atoms with Crippen molar-refractivity contribution >= 4 is 22.4 Å². The van der Waals surface area contributed by atoms with E-state index in [9.17, 15) is 9.00 Å². The molecule has 6 heteroatoms. The Balaban J connectivity index is 1.67. The van der Waals surface area contributed by atoms with Gasteiger partial charge in [-0.25, -0.2) is 0 Å². The van der Waals surface area contributed by atoms with Crippen LogP contribution in [0.4, 0.5) is 5.69 Å². The van der Waals surface area contributed by atoms with Gasteiger partial charge in [0.1, 0.15) is 5.75 Å². The normalized spacial score (nSPS) is 26.4. The summed E-state index contributed by atoms with van der Waals surface area (Å²) >= 11 is 0. The van der Waals surface area contributed by atoms with Crippen LogP contribution in [0.3, 0.4) is 0 Å². The first-order valence-corrected chi connectivity index (χ1v) is 8.78. The maximum absolute atomic E-state index is 11.4. The van der Waals surface area contributed by atoms with Crippen molar-refractivity contribution < 1.29 is 13.7 Å². The molecule has 1 aromatic carbocycles. The number of carbonyl (C=O) groups excluding carboxylic acids is 1. The van der Waals surface area contributed by atoms with Crippen molar-refractivity contribution in [2.45, 2.75) is 31.8 Å². The van der Waals surface area contributed by atoms with Crippen molar-refractivity contribution in [2.24, 2.45) is 0 Å². The molecule has 2 heterocycles. The molecule has 114 valence electrons. The van der Waals surface area contributed by atoms with Gasteiger partial charge in [-0.15, -0.1) is 0 Å². The smallest absolute Gasteiger partial charge is 0.262 e. The van der Waals surface area contributed by atoms with Gasteiger partial charge in [0.2, 0.25) is 0 Å². The Hall–Kier alpha value is -1.40. The fraction of sp³-hybridized carbons (Fsp3) is 0.533. The molecule has 1 saturated heterocycles. The van der Waals surface area contributed by atoms with E-state index in [4.69, 9.17) is 4.74 Å². The van der Waals surface area contributed by atoms with E-state index in [-0.39, 0.29) is 18.6 Å². The minimum absolute atomic E-state index is 0.0827. The molecule has 1 fully saturated rings. The molecule has 3 rings (SSSR count). The highest BCUT2D eigenvalue weighted by atomic mass is 32.2. The summed E-state index contributed by atoms with van der Waals surface area (Å²) in [6.45, 7) is 2.19. The number of fused-ring (bicyclic) bond motifs is 1. The molecule has 1 aromatic rings. The predicted molar refractivity (Wildman–Crippen MR) is 83.0 cm³/mol. The van der Waals surface area contributed by atoms with Gasteiger partial charge in [0.25, 0.3) is 5.91 Å². The van der Waals surface area contributed by atoms with Gasteiger partial charge in [0.15, 0.2) is 6.61 Å². The topological polar surface area (TPSA) is 67.4 Å². The number of rotatable bonds is 3. The monoisotopic (exact) mass is 308 g/mol. The third-order valence-electron chi connectivity index (χ3n) is 4.01.